The van der Waals surface area contributed by atoms with E-state index >= 15 is 0 Å². The van der Waals surface area contributed by atoms with Gasteiger partial charge in [0.25, 0.3) is 6.01 Å². The summed E-state index contributed by atoms with van der Waals surface area (Å²) in [5.41, 5.74) is 3.36. The summed E-state index contributed by atoms with van der Waals surface area (Å²) in [4.78, 5) is 15.7. The number of fused-ring (bicyclic) bond motifs is 1. The van der Waals surface area contributed by atoms with E-state index in [4.69, 9.17) is 4.42 Å². The predicted molar refractivity (Wildman–Crippen MR) is 83.9 cm³/mol. The van der Waals surface area contributed by atoms with E-state index in [1.165, 1.54) is 0 Å². The maximum Gasteiger partial charge on any atom is 0.326 e. The van der Waals surface area contributed by atoms with Crippen LogP contribution in [0.25, 0.3) is 11.1 Å². The largest absolute Gasteiger partial charge is 0.480 e. The van der Waals surface area contributed by atoms with Crippen molar-refractivity contribution in [1.82, 2.24) is 4.98 Å². The van der Waals surface area contributed by atoms with Crippen molar-refractivity contribution in [3.8, 4) is 0 Å². The van der Waals surface area contributed by atoms with Crippen molar-refractivity contribution in [3.05, 3.63) is 59.7 Å². The summed E-state index contributed by atoms with van der Waals surface area (Å²) in [5.74, 6) is -0.942. The maximum absolute atomic E-state index is 11.4. The van der Waals surface area contributed by atoms with Crippen LogP contribution in [0.4, 0.5) is 6.01 Å². The third-order valence-electron chi connectivity index (χ3n) is 3.42. The van der Waals surface area contributed by atoms with Gasteiger partial charge in [0.2, 0.25) is 0 Å². The highest BCUT2D eigenvalue weighted by atomic mass is 16.4. The molecule has 0 saturated heterocycles. The number of anilines is 1. The molecule has 112 valence electrons. The number of oxazole rings is 1. The second-order valence-electron chi connectivity index (χ2n) is 5.22. The van der Waals surface area contributed by atoms with Crippen LogP contribution in [0, 0.1) is 6.92 Å². The average Bonchev–Trinajstić information content (AvgIpc) is 2.89. The fourth-order valence-electron chi connectivity index (χ4n) is 2.30. The molecule has 5 nitrogen and oxygen atoms in total. The molecule has 0 fully saturated rings. The molecule has 0 radical (unpaired) electrons. The summed E-state index contributed by atoms with van der Waals surface area (Å²) in [6.45, 7) is 1.97. The van der Waals surface area contributed by atoms with Gasteiger partial charge >= 0.3 is 5.97 Å². The van der Waals surface area contributed by atoms with Gasteiger partial charge in [-0.1, -0.05) is 36.4 Å². The van der Waals surface area contributed by atoms with E-state index < -0.39 is 12.0 Å². The number of carboxylic acids is 1. The van der Waals surface area contributed by atoms with Crippen LogP contribution < -0.4 is 5.32 Å². The Morgan fingerprint density at radius 1 is 1.27 bits per heavy atom. The average molecular weight is 296 g/mol. The van der Waals surface area contributed by atoms with E-state index in [9.17, 15) is 9.90 Å². The molecular formula is C17H16N2O3. The maximum atomic E-state index is 11.4. The van der Waals surface area contributed by atoms with Crippen LogP contribution in [0.1, 0.15) is 11.1 Å². The van der Waals surface area contributed by atoms with Gasteiger partial charge in [-0.05, 0) is 30.2 Å². The molecule has 22 heavy (non-hydrogen) atoms. The van der Waals surface area contributed by atoms with Crippen molar-refractivity contribution in [3.63, 3.8) is 0 Å². The van der Waals surface area contributed by atoms with E-state index in [1.54, 1.807) is 0 Å². The molecule has 5 heteroatoms. The van der Waals surface area contributed by atoms with E-state index in [0.717, 1.165) is 11.1 Å². The number of hydrogen-bond acceptors (Lipinski definition) is 4. The lowest BCUT2D eigenvalue weighted by Gasteiger charge is -2.12. The fourth-order valence-corrected chi connectivity index (χ4v) is 2.30. The van der Waals surface area contributed by atoms with Gasteiger partial charge in [-0.15, -0.1) is 0 Å². The van der Waals surface area contributed by atoms with Crippen LogP contribution in [0.2, 0.25) is 0 Å². The van der Waals surface area contributed by atoms with Crippen molar-refractivity contribution in [1.29, 1.82) is 0 Å². The zero-order valence-electron chi connectivity index (χ0n) is 12.1. The Morgan fingerprint density at radius 2 is 2.05 bits per heavy atom. The first-order valence-corrected chi connectivity index (χ1v) is 7.02. The van der Waals surface area contributed by atoms with E-state index in [0.29, 0.717) is 17.5 Å². The van der Waals surface area contributed by atoms with Crippen molar-refractivity contribution in [2.24, 2.45) is 0 Å². The van der Waals surface area contributed by atoms with Gasteiger partial charge in [-0.3, -0.25) is 0 Å². The number of nitrogens with one attached hydrogen (secondary N) is 1. The summed E-state index contributed by atoms with van der Waals surface area (Å²) < 4.78 is 5.56. The Labute approximate surface area is 127 Å². The zero-order valence-corrected chi connectivity index (χ0v) is 12.1. The highest BCUT2D eigenvalue weighted by Gasteiger charge is 2.20. The number of nitrogens with zero attached hydrogens (tertiary/aromatic N) is 1. The molecule has 1 heterocycles. The Bertz CT molecular complexity index is 796. The van der Waals surface area contributed by atoms with Crippen LogP contribution >= 0.6 is 0 Å². The monoisotopic (exact) mass is 296 g/mol. The van der Waals surface area contributed by atoms with Crippen LogP contribution in [-0.4, -0.2) is 22.1 Å². The minimum Gasteiger partial charge on any atom is -0.480 e. The molecule has 2 N–H and O–H groups in total. The van der Waals surface area contributed by atoms with Crippen molar-refractivity contribution < 1.29 is 14.3 Å². The number of hydrogen-bond donors (Lipinski definition) is 2. The molecule has 0 aliphatic carbocycles. The summed E-state index contributed by atoms with van der Waals surface area (Å²) in [5, 5.41) is 12.2. The molecule has 3 rings (SSSR count). The van der Waals surface area contributed by atoms with Gasteiger partial charge in [0.05, 0.1) is 0 Å². The first-order valence-electron chi connectivity index (χ1n) is 7.02. The Kier molecular flexibility index (Phi) is 3.78. The SMILES string of the molecule is Cc1ccc2oc(N[C@@H](Cc3ccccc3)C(=O)O)nc2c1. The van der Waals surface area contributed by atoms with Crippen molar-refractivity contribution in [2.45, 2.75) is 19.4 Å². The summed E-state index contributed by atoms with van der Waals surface area (Å²) in [6, 6.07) is 14.5. The van der Waals surface area contributed by atoms with E-state index in [2.05, 4.69) is 10.3 Å². The van der Waals surface area contributed by atoms with E-state index in [-0.39, 0.29) is 6.01 Å². The molecule has 0 spiro atoms. The first kappa shape index (κ1) is 14.1. The Hall–Kier alpha value is -2.82. The molecule has 0 unspecified atom stereocenters. The molecule has 0 bridgehead atoms. The summed E-state index contributed by atoms with van der Waals surface area (Å²) in [6.07, 6.45) is 0.355. The third kappa shape index (κ3) is 3.09. The predicted octanol–water partition coefficient (Wildman–Crippen LogP) is 3.24. The summed E-state index contributed by atoms with van der Waals surface area (Å²) >= 11 is 0. The third-order valence-corrected chi connectivity index (χ3v) is 3.42. The fraction of sp³-hybridized carbons (Fsp3) is 0.176. The number of benzene rings is 2. The zero-order chi connectivity index (χ0) is 15.5. The van der Waals surface area contributed by atoms with Crippen LogP contribution in [0.3, 0.4) is 0 Å². The molecule has 1 aromatic heterocycles. The molecule has 0 aliphatic heterocycles. The highest BCUT2D eigenvalue weighted by Crippen LogP contribution is 2.21. The normalized spacial score (nSPS) is 12.2. The van der Waals surface area contributed by atoms with Gasteiger partial charge in [-0.2, -0.15) is 4.98 Å². The van der Waals surface area contributed by atoms with Crippen LogP contribution in [0.15, 0.2) is 52.9 Å². The topological polar surface area (TPSA) is 75.4 Å². The number of carbonyl (C=O) groups is 1. The quantitative estimate of drug-likeness (QED) is 0.756. The van der Waals surface area contributed by atoms with Crippen molar-refractivity contribution >= 4 is 23.1 Å². The van der Waals surface area contributed by atoms with Crippen LogP contribution in [0.5, 0.6) is 0 Å². The molecule has 1 atom stereocenters. The molecule has 0 amide bonds. The number of aryl methyl sites for hydroxylation is 1. The lowest BCUT2D eigenvalue weighted by molar-refractivity contribution is -0.137. The number of carboxylic acid groups (broad SMARTS) is 1. The van der Waals surface area contributed by atoms with Gasteiger partial charge in [-0.25, -0.2) is 4.79 Å². The first-order chi connectivity index (χ1) is 10.6. The second-order valence-corrected chi connectivity index (χ2v) is 5.22. The number of rotatable bonds is 5. The lowest BCUT2D eigenvalue weighted by Crippen LogP contribution is -2.31. The van der Waals surface area contributed by atoms with E-state index in [1.807, 2.05) is 55.5 Å². The Morgan fingerprint density at radius 3 is 2.77 bits per heavy atom. The van der Waals surface area contributed by atoms with Crippen LogP contribution in [-0.2, 0) is 11.2 Å². The second kappa shape index (κ2) is 5.89. The molecule has 2 aromatic carbocycles. The summed E-state index contributed by atoms with van der Waals surface area (Å²) in [7, 11) is 0. The number of aromatic nitrogens is 1. The molecule has 0 aliphatic rings. The van der Waals surface area contributed by atoms with Gasteiger partial charge < -0.3 is 14.8 Å². The lowest BCUT2D eigenvalue weighted by atomic mass is 10.1. The molecule has 3 aromatic rings. The standard InChI is InChI=1S/C17H16N2O3/c1-11-7-8-15-13(9-11)18-17(22-15)19-14(16(20)21)10-12-5-3-2-4-6-12/h2-9,14H,10H2,1H3,(H,18,19)(H,20,21)/t14-/m0/s1. The molecule has 0 saturated carbocycles. The van der Waals surface area contributed by atoms with Gasteiger partial charge in [0.1, 0.15) is 11.6 Å². The minimum absolute atomic E-state index is 0.226. The Balaban J connectivity index is 1.81. The molecular weight excluding hydrogens is 280 g/mol. The highest BCUT2D eigenvalue weighted by molar-refractivity contribution is 5.79. The number of aliphatic carboxylic acids is 1. The minimum atomic E-state index is -0.942. The van der Waals surface area contributed by atoms with Gasteiger partial charge in [0, 0.05) is 6.42 Å². The smallest absolute Gasteiger partial charge is 0.326 e. The van der Waals surface area contributed by atoms with Gasteiger partial charge in [0.15, 0.2) is 5.58 Å². The van der Waals surface area contributed by atoms with Crippen molar-refractivity contribution in [2.75, 3.05) is 5.32 Å².